The number of unbranched alkanes of at least 4 members (excludes halogenated alkanes) is 1. The molecule has 0 amide bonds. The number of nitrogens with two attached hydrogens (primary N) is 1. The Labute approximate surface area is 127 Å². The second-order valence-electron chi connectivity index (χ2n) is 5.00. The second-order valence-corrected chi connectivity index (χ2v) is 5.00. The van der Waals surface area contributed by atoms with E-state index in [0.717, 1.165) is 58.8 Å². The number of carboxylic acids is 1. The van der Waals surface area contributed by atoms with Gasteiger partial charge in [-0.05, 0) is 19.2 Å². The normalized spacial score (nSPS) is 15.3. The van der Waals surface area contributed by atoms with Crippen LogP contribution in [0.1, 0.15) is 39.5 Å². The first-order valence-corrected chi connectivity index (χ1v) is 7.49. The fourth-order valence-corrected chi connectivity index (χ4v) is 1.71. The Morgan fingerprint density at radius 3 is 2.10 bits per heavy atom. The minimum Gasteiger partial charge on any atom is -0.481 e. The molecule has 0 unspecified atom stereocenters. The molecule has 1 heterocycles. The van der Waals surface area contributed by atoms with Crippen LogP contribution < -0.4 is 5.73 Å². The Kier molecular flexibility index (Phi) is 16.9. The van der Waals surface area contributed by atoms with Crippen LogP contribution in [0, 0.1) is 0 Å². The van der Waals surface area contributed by atoms with E-state index in [1.54, 1.807) is 0 Å². The molecule has 0 saturated carbocycles. The SMILES string of the molecule is CC(=O)O.CCCCB(O)O.NCCN1CCC(O)CC1. The first-order valence-electron chi connectivity index (χ1n) is 7.49. The Balaban J connectivity index is 0. The lowest BCUT2D eigenvalue weighted by molar-refractivity contribution is -0.134. The molecule has 6 N–H and O–H groups in total. The number of aliphatic hydroxyl groups is 1. The molecule has 21 heavy (non-hydrogen) atoms. The summed E-state index contributed by atoms with van der Waals surface area (Å²) in [6.07, 6.45) is 4.21. The number of likely N-dealkylation sites (tertiary alicyclic amines) is 1. The van der Waals surface area contributed by atoms with Crippen LogP contribution in [0.2, 0.25) is 6.32 Å². The molecule has 1 aliphatic heterocycles. The van der Waals surface area contributed by atoms with Crippen LogP contribution in [0.3, 0.4) is 0 Å². The van der Waals surface area contributed by atoms with E-state index in [1.165, 1.54) is 0 Å². The van der Waals surface area contributed by atoms with Gasteiger partial charge in [0.2, 0.25) is 0 Å². The van der Waals surface area contributed by atoms with Crippen LogP contribution in [0.4, 0.5) is 0 Å². The van der Waals surface area contributed by atoms with Crippen molar-refractivity contribution in [2.45, 2.75) is 52.0 Å². The van der Waals surface area contributed by atoms with Gasteiger partial charge in [0.15, 0.2) is 0 Å². The zero-order valence-electron chi connectivity index (χ0n) is 13.2. The van der Waals surface area contributed by atoms with Crippen molar-refractivity contribution >= 4 is 13.1 Å². The fourth-order valence-electron chi connectivity index (χ4n) is 1.71. The average molecular weight is 306 g/mol. The van der Waals surface area contributed by atoms with Gasteiger partial charge in [-0.2, -0.15) is 0 Å². The summed E-state index contributed by atoms with van der Waals surface area (Å²) in [5, 5.41) is 33.0. The highest BCUT2D eigenvalue weighted by atomic mass is 16.4. The van der Waals surface area contributed by atoms with Gasteiger partial charge in [0.1, 0.15) is 0 Å². The van der Waals surface area contributed by atoms with E-state index >= 15 is 0 Å². The number of hydrogen-bond acceptors (Lipinski definition) is 6. The first-order chi connectivity index (χ1) is 9.83. The molecule has 1 fully saturated rings. The van der Waals surface area contributed by atoms with E-state index in [2.05, 4.69) is 4.90 Å². The summed E-state index contributed by atoms with van der Waals surface area (Å²) in [5.41, 5.74) is 5.39. The molecule has 0 aromatic carbocycles. The van der Waals surface area contributed by atoms with E-state index in [9.17, 15) is 0 Å². The van der Waals surface area contributed by atoms with Crippen LogP contribution in [-0.2, 0) is 4.79 Å². The van der Waals surface area contributed by atoms with Crippen molar-refractivity contribution < 1.29 is 25.1 Å². The van der Waals surface area contributed by atoms with Crippen molar-refractivity contribution in [2.24, 2.45) is 5.73 Å². The maximum Gasteiger partial charge on any atom is 0.451 e. The molecule has 0 spiro atoms. The van der Waals surface area contributed by atoms with Gasteiger partial charge >= 0.3 is 7.12 Å². The Morgan fingerprint density at radius 2 is 1.81 bits per heavy atom. The summed E-state index contributed by atoms with van der Waals surface area (Å²) in [7, 11) is -1.10. The molecule has 8 heteroatoms. The topological polar surface area (TPSA) is 127 Å². The van der Waals surface area contributed by atoms with Crippen molar-refractivity contribution in [1.29, 1.82) is 0 Å². The minimum atomic E-state index is -1.10. The van der Waals surface area contributed by atoms with Gasteiger partial charge in [-0.15, -0.1) is 0 Å². The molecule has 1 aliphatic rings. The number of aliphatic hydroxyl groups excluding tert-OH is 1. The van der Waals surface area contributed by atoms with Gasteiger partial charge in [0.25, 0.3) is 5.97 Å². The summed E-state index contributed by atoms with van der Waals surface area (Å²) in [4.78, 5) is 11.3. The second kappa shape index (κ2) is 15.7. The van der Waals surface area contributed by atoms with Gasteiger partial charge < -0.3 is 30.9 Å². The fraction of sp³-hybridized carbons (Fsp3) is 0.923. The van der Waals surface area contributed by atoms with Crippen molar-refractivity contribution in [3.05, 3.63) is 0 Å². The predicted octanol–water partition coefficient (Wildman–Crippen LogP) is -0.248. The summed E-state index contributed by atoms with van der Waals surface area (Å²) in [5.74, 6) is -0.833. The molecule has 0 atom stereocenters. The van der Waals surface area contributed by atoms with E-state index in [0.29, 0.717) is 6.32 Å². The standard InChI is InChI=1S/C7H16N2O.C4H11BO2.C2H4O2/c8-3-6-9-4-1-7(10)2-5-9;1-2-3-4-5(6)7;1-2(3)4/h7,10H,1-6,8H2;6-7H,2-4H2,1H3;1H3,(H,3,4). The zero-order chi connectivity index (χ0) is 16.7. The van der Waals surface area contributed by atoms with Crippen molar-refractivity contribution in [3.63, 3.8) is 0 Å². The van der Waals surface area contributed by atoms with E-state index in [4.69, 9.17) is 30.8 Å². The number of hydrogen-bond donors (Lipinski definition) is 5. The Hall–Kier alpha value is -0.665. The van der Waals surface area contributed by atoms with Gasteiger partial charge in [-0.1, -0.05) is 19.8 Å². The molecule has 0 bridgehead atoms. The van der Waals surface area contributed by atoms with E-state index < -0.39 is 13.1 Å². The third-order valence-corrected chi connectivity index (χ3v) is 2.82. The van der Waals surface area contributed by atoms with Crippen LogP contribution in [-0.4, -0.2) is 70.5 Å². The summed E-state index contributed by atoms with van der Waals surface area (Å²) in [6.45, 7) is 6.84. The Morgan fingerprint density at radius 1 is 1.33 bits per heavy atom. The van der Waals surface area contributed by atoms with Gasteiger partial charge in [-0.25, -0.2) is 0 Å². The lowest BCUT2D eigenvalue weighted by Gasteiger charge is -2.28. The number of carbonyl (C=O) groups is 1. The third kappa shape index (κ3) is 21.8. The van der Waals surface area contributed by atoms with Crippen LogP contribution in [0.25, 0.3) is 0 Å². The Bertz CT molecular complexity index is 233. The van der Waals surface area contributed by atoms with Gasteiger partial charge in [0.05, 0.1) is 6.10 Å². The highest BCUT2D eigenvalue weighted by molar-refractivity contribution is 6.40. The summed E-state index contributed by atoms with van der Waals surface area (Å²) < 4.78 is 0. The number of nitrogens with zero attached hydrogens (tertiary/aromatic N) is 1. The van der Waals surface area contributed by atoms with Crippen molar-refractivity contribution in [1.82, 2.24) is 4.90 Å². The lowest BCUT2D eigenvalue weighted by Crippen LogP contribution is -2.38. The number of piperidine rings is 1. The monoisotopic (exact) mass is 306 g/mol. The van der Waals surface area contributed by atoms with Crippen LogP contribution in [0.15, 0.2) is 0 Å². The van der Waals surface area contributed by atoms with Crippen LogP contribution >= 0.6 is 0 Å². The molecule has 0 radical (unpaired) electrons. The molecule has 0 aromatic rings. The number of rotatable bonds is 5. The molecule has 1 saturated heterocycles. The highest BCUT2D eigenvalue weighted by Gasteiger charge is 2.15. The highest BCUT2D eigenvalue weighted by Crippen LogP contribution is 2.08. The van der Waals surface area contributed by atoms with Gasteiger partial charge in [0, 0.05) is 33.1 Å². The minimum absolute atomic E-state index is 0.0611. The average Bonchev–Trinajstić information content (AvgIpc) is 2.39. The quantitative estimate of drug-likeness (QED) is 0.443. The number of aliphatic carboxylic acids is 1. The maximum atomic E-state index is 9.14. The molecule has 1 rings (SSSR count). The molecular weight excluding hydrogens is 275 g/mol. The summed E-state index contributed by atoms with van der Waals surface area (Å²) in [6, 6.07) is 0. The third-order valence-electron chi connectivity index (χ3n) is 2.82. The predicted molar refractivity (Wildman–Crippen MR) is 84.0 cm³/mol. The summed E-state index contributed by atoms with van der Waals surface area (Å²) >= 11 is 0. The molecular formula is C13H31BN2O5. The molecule has 126 valence electrons. The van der Waals surface area contributed by atoms with E-state index in [-0.39, 0.29) is 6.10 Å². The van der Waals surface area contributed by atoms with Crippen molar-refractivity contribution in [2.75, 3.05) is 26.2 Å². The molecule has 0 aromatic heterocycles. The van der Waals surface area contributed by atoms with Gasteiger partial charge in [-0.3, -0.25) is 4.79 Å². The molecule has 0 aliphatic carbocycles. The van der Waals surface area contributed by atoms with Crippen LogP contribution in [0.5, 0.6) is 0 Å². The molecule has 7 nitrogen and oxygen atoms in total. The zero-order valence-corrected chi connectivity index (χ0v) is 13.2. The smallest absolute Gasteiger partial charge is 0.451 e. The van der Waals surface area contributed by atoms with E-state index in [1.807, 2.05) is 6.92 Å². The lowest BCUT2D eigenvalue weighted by atomic mass is 9.84. The maximum absolute atomic E-state index is 9.14. The first kappa shape index (κ1) is 22.6. The largest absolute Gasteiger partial charge is 0.481 e. The number of carboxylic acid groups (broad SMARTS) is 1. The van der Waals surface area contributed by atoms with Crippen molar-refractivity contribution in [3.8, 4) is 0 Å².